The molecule has 4 bridgehead atoms. The number of Topliss-reactive ketones (excluding diaryl/α,β-unsaturated/α-hetero) is 3. The first-order chi connectivity index (χ1) is 30.7. The molecule has 1 aliphatic carbocycles. The van der Waals surface area contributed by atoms with Gasteiger partial charge in [0.2, 0.25) is 5.79 Å². The predicted molar refractivity (Wildman–Crippen MR) is 243 cm³/mol. The highest BCUT2D eigenvalue weighted by molar-refractivity contribution is 6.39. The van der Waals surface area contributed by atoms with E-state index in [1.54, 1.807) is 41.1 Å². The van der Waals surface area contributed by atoms with Crippen molar-refractivity contribution in [2.24, 2.45) is 41.4 Å². The fraction of sp³-hybridized carbons (Fsp3) is 0.745. The van der Waals surface area contributed by atoms with Crippen LogP contribution < -0.4 is 0 Å². The third-order valence-corrected chi connectivity index (χ3v) is 15.5. The summed E-state index contributed by atoms with van der Waals surface area (Å²) in [6.07, 6.45) is 11.1. The third kappa shape index (κ3) is 12.0. The van der Waals surface area contributed by atoms with Crippen molar-refractivity contribution in [1.29, 1.82) is 0 Å². The van der Waals surface area contributed by atoms with E-state index in [2.05, 4.69) is 0 Å². The number of aliphatic hydroxyl groups excluding tert-OH is 2. The van der Waals surface area contributed by atoms with Crippen molar-refractivity contribution < 1.29 is 63.0 Å². The Balaban J connectivity index is 1.52. The SMILES string of the molecule is COC1CC(C[C@H]2C3CCCN4C(=O)C(=O)C5(O)O[C@@H](CCC5C)C[C@@](C)(OC)/C(C)=C/C=C/C=C/[C@@H](C)CC(C)C(=O)[C@H](OC)C(O)/C(C)=C/C(C)C(=O)C[C@@H]2OC(=O)C34)CC[C@H]1O. The van der Waals surface area contributed by atoms with E-state index in [-0.39, 0.29) is 48.9 Å². The maximum absolute atomic E-state index is 14.5. The van der Waals surface area contributed by atoms with E-state index in [9.17, 15) is 39.3 Å². The summed E-state index contributed by atoms with van der Waals surface area (Å²) < 4.78 is 29.7. The highest BCUT2D eigenvalue weighted by atomic mass is 16.6. The van der Waals surface area contributed by atoms with Gasteiger partial charge in [-0.1, -0.05) is 64.2 Å². The Bertz CT molecular complexity index is 1840. The number of ketones is 3. The molecule has 14 nitrogen and oxygen atoms in total. The first-order valence-electron chi connectivity index (χ1n) is 23.9. The first-order valence-corrected chi connectivity index (χ1v) is 23.9. The summed E-state index contributed by atoms with van der Waals surface area (Å²) in [6, 6.07) is -1.13. The molecule has 364 valence electrons. The van der Waals surface area contributed by atoms with Crippen molar-refractivity contribution in [3.63, 3.8) is 0 Å². The van der Waals surface area contributed by atoms with Crippen LogP contribution in [0.2, 0.25) is 0 Å². The van der Waals surface area contributed by atoms with Crippen molar-refractivity contribution in [2.45, 2.75) is 173 Å². The van der Waals surface area contributed by atoms with Crippen LogP contribution in [-0.2, 0) is 47.7 Å². The summed E-state index contributed by atoms with van der Waals surface area (Å²) in [5, 5.41) is 34.2. The van der Waals surface area contributed by atoms with Gasteiger partial charge in [0.1, 0.15) is 30.1 Å². The van der Waals surface area contributed by atoms with Gasteiger partial charge in [0, 0.05) is 64.4 Å². The summed E-state index contributed by atoms with van der Waals surface area (Å²) in [7, 11) is 4.53. The lowest BCUT2D eigenvalue weighted by Crippen LogP contribution is -2.65. The van der Waals surface area contributed by atoms with Gasteiger partial charge in [0.15, 0.2) is 5.78 Å². The molecule has 3 N–H and O–H groups in total. The molecule has 4 fully saturated rings. The lowest BCUT2D eigenvalue weighted by Gasteiger charge is -2.50. The van der Waals surface area contributed by atoms with E-state index < -0.39 is 95.2 Å². The average Bonchev–Trinajstić information content (AvgIpc) is 3.28. The number of hydrogen-bond donors (Lipinski definition) is 3. The van der Waals surface area contributed by atoms with Crippen molar-refractivity contribution in [3.8, 4) is 0 Å². The van der Waals surface area contributed by atoms with Crippen LogP contribution in [0.5, 0.6) is 0 Å². The molecule has 9 unspecified atom stereocenters. The Morgan fingerprint density at radius 2 is 1.62 bits per heavy atom. The van der Waals surface area contributed by atoms with Crippen LogP contribution in [0.15, 0.2) is 47.6 Å². The second-order valence-corrected chi connectivity index (χ2v) is 20.1. The molecule has 4 heterocycles. The topological polar surface area (TPSA) is 195 Å². The lowest BCUT2D eigenvalue weighted by molar-refractivity contribution is -0.268. The first kappa shape index (κ1) is 52.6. The summed E-state index contributed by atoms with van der Waals surface area (Å²) in [5.41, 5.74) is 0.403. The maximum Gasteiger partial charge on any atom is 0.329 e. The lowest BCUT2D eigenvalue weighted by atomic mass is 9.68. The molecule has 0 spiro atoms. The van der Waals surface area contributed by atoms with Crippen LogP contribution in [0.3, 0.4) is 0 Å². The predicted octanol–water partition coefficient (Wildman–Crippen LogP) is 5.79. The van der Waals surface area contributed by atoms with Gasteiger partial charge in [-0.2, -0.15) is 0 Å². The average molecular weight is 912 g/mol. The summed E-state index contributed by atoms with van der Waals surface area (Å²) in [6.45, 7) is 12.8. The summed E-state index contributed by atoms with van der Waals surface area (Å²) >= 11 is 0. The number of amides is 1. The van der Waals surface area contributed by atoms with Crippen molar-refractivity contribution in [1.82, 2.24) is 4.90 Å². The highest BCUT2D eigenvalue weighted by Gasteiger charge is 2.57. The number of carbonyl (C=O) groups excluding carboxylic acids is 5. The van der Waals surface area contributed by atoms with E-state index in [0.717, 1.165) is 5.57 Å². The molecule has 16 atom stereocenters. The molecule has 65 heavy (non-hydrogen) atoms. The second-order valence-electron chi connectivity index (χ2n) is 20.1. The number of carbonyl (C=O) groups is 5. The molecule has 5 aliphatic rings. The number of allylic oxidation sites excluding steroid dienone is 6. The Labute approximate surface area is 386 Å². The van der Waals surface area contributed by atoms with Gasteiger partial charge in [-0.15, -0.1) is 0 Å². The summed E-state index contributed by atoms with van der Waals surface area (Å²) in [4.78, 5) is 72.3. The quantitative estimate of drug-likeness (QED) is 0.171. The number of aliphatic hydroxyl groups is 3. The Morgan fingerprint density at radius 3 is 2.29 bits per heavy atom. The number of hydrogen-bond acceptors (Lipinski definition) is 13. The molecule has 1 saturated carbocycles. The number of methoxy groups -OCH3 is 3. The van der Waals surface area contributed by atoms with Crippen LogP contribution in [0.25, 0.3) is 0 Å². The third-order valence-electron chi connectivity index (χ3n) is 15.5. The number of nitrogens with zero attached hydrogens (tertiary/aromatic N) is 1. The largest absolute Gasteiger partial charge is 0.460 e. The van der Waals surface area contributed by atoms with E-state index in [4.69, 9.17) is 23.7 Å². The number of piperidine rings is 1. The molecular formula is C51H77NO13. The van der Waals surface area contributed by atoms with Gasteiger partial charge < -0.3 is 43.9 Å². The van der Waals surface area contributed by atoms with Crippen molar-refractivity contribution in [2.75, 3.05) is 27.9 Å². The molecule has 14 heteroatoms. The molecular weight excluding hydrogens is 835 g/mol. The van der Waals surface area contributed by atoms with Gasteiger partial charge in [0.05, 0.1) is 23.9 Å². The van der Waals surface area contributed by atoms with Crippen molar-refractivity contribution >= 4 is 29.2 Å². The highest BCUT2D eigenvalue weighted by Crippen LogP contribution is 2.45. The van der Waals surface area contributed by atoms with Crippen LogP contribution in [0.1, 0.15) is 119 Å². The molecule has 0 aromatic carbocycles. The van der Waals surface area contributed by atoms with Crippen molar-refractivity contribution in [3.05, 3.63) is 47.6 Å². The zero-order valence-electron chi connectivity index (χ0n) is 40.4. The zero-order valence-corrected chi connectivity index (χ0v) is 40.4. The molecule has 4 aliphatic heterocycles. The summed E-state index contributed by atoms with van der Waals surface area (Å²) in [5.74, 6) is -8.50. The number of fused-ring (bicyclic) bond motifs is 4. The normalized spacial score (nSPS) is 43.8. The Kier molecular flexibility index (Phi) is 18.3. The molecule has 3 saturated heterocycles. The molecule has 0 aromatic rings. The minimum Gasteiger partial charge on any atom is -0.460 e. The standard InChI is InChI=1S/C51H77NO13/c1-29-15-12-11-13-16-33(5)50(7,63-10)28-36-20-18-34(6)51(60,65-36)47(57)48(58)52-22-14-17-37-38(25-35-19-21-39(53)42(26-35)61-8)41(64-49(59)43(37)52)27-40(54)30(2)24-32(4)45(56)46(62-9)44(55)31(3)23-29/h11-13,15-16,24,29-31,34-39,41-43,45-46,53,56,60H,14,17-23,25-28H2,1-10H3/b13-11+,15-12+,32-24+,33-16+/t29-,30?,31?,34?,35?,36+,37?,38+,39-,41+,42?,43?,45?,46+,50-,51?/m1/s1. The van der Waals surface area contributed by atoms with Crippen LogP contribution >= 0.6 is 0 Å². The van der Waals surface area contributed by atoms with Crippen LogP contribution in [0, 0.1) is 41.4 Å². The fourth-order valence-electron chi connectivity index (χ4n) is 11.1. The van der Waals surface area contributed by atoms with Gasteiger partial charge in [0.25, 0.3) is 11.7 Å². The number of ether oxygens (including phenoxy) is 5. The Morgan fingerprint density at radius 1 is 0.892 bits per heavy atom. The fourth-order valence-corrected chi connectivity index (χ4v) is 11.1. The Hall–Kier alpha value is -3.37. The second kappa shape index (κ2) is 22.6. The molecule has 1 amide bonds. The number of rotatable bonds is 5. The van der Waals surface area contributed by atoms with E-state index in [0.29, 0.717) is 63.4 Å². The monoisotopic (exact) mass is 912 g/mol. The maximum atomic E-state index is 14.5. The van der Waals surface area contributed by atoms with Gasteiger partial charge in [-0.05, 0) is 107 Å². The smallest absolute Gasteiger partial charge is 0.329 e. The zero-order chi connectivity index (χ0) is 48.0. The number of esters is 1. The minimum absolute atomic E-state index is 0.0162. The molecule has 5 rings (SSSR count). The van der Waals surface area contributed by atoms with Crippen LogP contribution in [0.4, 0.5) is 0 Å². The van der Waals surface area contributed by atoms with Crippen LogP contribution in [-0.4, -0.2) is 131 Å². The molecule has 0 radical (unpaired) electrons. The van der Waals surface area contributed by atoms with Gasteiger partial charge in [-0.3, -0.25) is 19.2 Å². The van der Waals surface area contributed by atoms with E-state index >= 15 is 0 Å². The van der Waals surface area contributed by atoms with Gasteiger partial charge >= 0.3 is 5.97 Å². The van der Waals surface area contributed by atoms with Gasteiger partial charge in [-0.25, -0.2) is 4.79 Å². The van der Waals surface area contributed by atoms with E-state index in [1.807, 2.05) is 58.1 Å². The van der Waals surface area contributed by atoms with E-state index in [1.165, 1.54) is 12.0 Å². The minimum atomic E-state index is -2.45. The molecule has 0 aromatic heterocycles.